The van der Waals surface area contributed by atoms with Crippen molar-refractivity contribution in [3.63, 3.8) is 0 Å². The van der Waals surface area contributed by atoms with Gasteiger partial charge in [0, 0.05) is 31.7 Å². The summed E-state index contributed by atoms with van der Waals surface area (Å²) in [7, 11) is 4.27. The van der Waals surface area contributed by atoms with E-state index in [1.807, 2.05) is 0 Å². The highest BCUT2D eigenvalue weighted by molar-refractivity contribution is 4.91. The number of hydrogen-bond acceptors (Lipinski definition) is 4. The fraction of sp³-hybridized carbons (Fsp3) is 1.00. The van der Waals surface area contributed by atoms with E-state index in [2.05, 4.69) is 36.1 Å². The van der Waals surface area contributed by atoms with E-state index in [0.29, 0.717) is 12.1 Å². The van der Waals surface area contributed by atoms with Crippen LogP contribution < -0.4 is 5.32 Å². The van der Waals surface area contributed by atoms with Crippen LogP contribution in [0.2, 0.25) is 0 Å². The average Bonchev–Trinajstić information content (AvgIpc) is 2.77. The number of β-amino-alcohol motifs (C(OH)–C–C–N with tert-alkyl or cyclic N) is 1. The Morgan fingerprint density at radius 3 is 2.71 bits per heavy atom. The Balaban J connectivity index is 1.90. The van der Waals surface area contributed by atoms with Crippen molar-refractivity contribution >= 4 is 0 Å². The molecule has 4 heteroatoms. The fourth-order valence-corrected chi connectivity index (χ4v) is 4.12. The van der Waals surface area contributed by atoms with Crippen molar-refractivity contribution in [2.45, 2.75) is 63.6 Å². The maximum atomic E-state index is 10.0. The quantitative estimate of drug-likeness (QED) is 0.748. The van der Waals surface area contributed by atoms with Crippen LogP contribution >= 0.6 is 0 Å². The molecule has 4 unspecified atom stereocenters. The third-order valence-corrected chi connectivity index (χ3v) is 5.12. The van der Waals surface area contributed by atoms with Crippen molar-refractivity contribution in [2.24, 2.45) is 5.92 Å². The molecular formula is C17H35N3O. The smallest absolute Gasteiger partial charge is 0.0682 e. The van der Waals surface area contributed by atoms with Gasteiger partial charge >= 0.3 is 0 Å². The van der Waals surface area contributed by atoms with Crippen LogP contribution in [0, 0.1) is 5.92 Å². The number of rotatable bonds is 7. The first kappa shape index (κ1) is 17.2. The van der Waals surface area contributed by atoms with Crippen LogP contribution in [-0.2, 0) is 0 Å². The van der Waals surface area contributed by atoms with E-state index in [9.17, 15) is 5.11 Å². The largest absolute Gasteiger partial charge is 0.392 e. The molecule has 21 heavy (non-hydrogen) atoms. The van der Waals surface area contributed by atoms with Gasteiger partial charge in [0.2, 0.25) is 0 Å². The topological polar surface area (TPSA) is 38.7 Å². The summed E-state index contributed by atoms with van der Waals surface area (Å²) in [5, 5.41) is 13.8. The minimum Gasteiger partial charge on any atom is -0.392 e. The van der Waals surface area contributed by atoms with E-state index in [0.717, 1.165) is 38.5 Å². The molecule has 0 radical (unpaired) electrons. The fourth-order valence-electron chi connectivity index (χ4n) is 4.12. The zero-order chi connectivity index (χ0) is 15.2. The molecule has 0 bridgehead atoms. The van der Waals surface area contributed by atoms with Crippen molar-refractivity contribution in [2.75, 3.05) is 40.3 Å². The second-order valence-electron chi connectivity index (χ2n) is 7.36. The number of hydrogen-bond donors (Lipinski definition) is 2. The molecule has 2 N–H and O–H groups in total. The average molecular weight is 297 g/mol. The molecule has 0 aromatic carbocycles. The van der Waals surface area contributed by atoms with Gasteiger partial charge in [0.15, 0.2) is 0 Å². The lowest BCUT2D eigenvalue weighted by molar-refractivity contribution is 0.131. The van der Waals surface area contributed by atoms with Crippen molar-refractivity contribution in [3.05, 3.63) is 0 Å². The number of nitrogens with zero attached hydrogens (tertiary/aromatic N) is 2. The summed E-state index contributed by atoms with van der Waals surface area (Å²) in [5.41, 5.74) is 0. The van der Waals surface area contributed by atoms with Gasteiger partial charge in [-0.25, -0.2) is 0 Å². The molecule has 0 aromatic rings. The van der Waals surface area contributed by atoms with Gasteiger partial charge in [-0.1, -0.05) is 19.8 Å². The highest BCUT2D eigenvalue weighted by Crippen LogP contribution is 2.28. The second kappa shape index (κ2) is 8.47. The monoisotopic (exact) mass is 297 g/mol. The number of aliphatic hydroxyl groups is 1. The van der Waals surface area contributed by atoms with Crippen molar-refractivity contribution in [1.29, 1.82) is 0 Å². The summed E-state index contributed by atoms with van der Waals surface area (Å²) < 4.78 is 0. The molecule has 124 valence electrons. The van der Waals surface area contributed by atoms with Crippen LogP contribution in [-0.4, -0.2) is 73.4 Å². The summed E-state index contributed by atoms with van der Waals surface area (Å²) in [4.78, 5) is 4.81. The van der Waals surface area contributed by atoms with Crippen molar-refractivity contribution < 1.29 is 5.11 Å². The van der Waals surface area contributed by atoms with Crippen LogP contribution in [0.15, 0.2) is 0 Å². The summed E-state index contributed by atoms with van der Waals surface area (Å²) >= 11 is 0. The van der Waals surface area contributed by atoms with E-state index in [-0.39, 0.29) is 6.10 Å². The molecule has 0 aromatic heterocycles. The maximum Gasteiger partial charge on any atom is 0.0682 e. The molecule has 1 saturated heterocycles. The number of aliphatic hydroxyl groups excluding tert-OH is 1. The zero-order valence-electron chi connectivity index (χ0n) is 14.2. The van der Waals surface area contributed by atoms with Crippen LogP contribution in [0.4, 0.5) is 0 Å². The first-order valence-corrected chi connectivity index (χ1v) is 8.90. The molecule has 2 fully saturated rings. The van der Waals surface area contributed by atoms with Gasteiger partial charge < -0.3 is 15.3 Å². The normalized spacial score (nSPS) is 34.7. The van der Waals surface area contributed by atoms with Gasteiger partial charge in [-0.2, -0.15) is 0 Å². The standard InChI is InChI=1S/C17H35N3O/c1-4-9-18-17-8-6-5-7-14(17)11-20-13-16(21)10-15(20)12-19(2)3/h14-18,21H,4-13H2,1-3H3. The number of likely N-dealkylation sites (tertiary alicyclic amines) is 1. The maximum absolute atomic E-state index is 10.0. The minimum atomic E-state index is -0.124. The van der Waals surface area contributed by atoms with Gasteiger partial charge in [0.1, 0.15) is 0 Å². The number of nitrogens with one attached hydrogen (secondary N) is 1. The van der Waals surface area contributed by atoms with E-state index < -0.39 is 0 Å². The lowest BCUT2D eigenvalue weighted by Gasteiger charge is -2.37. The molecule has 4 nitrogen and oxygen atoms in total. The predicted octanol–water partition coefficient (Wildman–Crippen LogP) is 1.54. The van der Waals surface area contributed by atoms with E-state index in [1.165, 1.54) is 32.1 Å². The zero-order valence-corrected chi connectivity index (χ0v) is 14.2. The lowest BCUT2D eigenvalue weighted by atomic mass is 9.84. The SMILES string of the molecule is CCCNC1CCCCC1CN1CC(O)CC1CN(C)C. The van der Waals surface area contributed by atoms with E-state index >= 15 is 0 Å². The first-order chi connectivity index (χ1) is 10.1. The molecule has 1 heterocycles. The molecule has 0 amide bonds. The molecule has 0 spiro atoms. The molecule has 2 aliphatic rings. The molecule has 4 atom stereocenters. The molecule has 2 rings (SSSR count). The first-order valence-electron chi connectivity index (χ1n) is 8.90. The predicted molar refractivity (Wildman–Crippen MR) is 88.6 cm³/mol. The second-order valence-corrected chi connectivity index (χ2v) is 7.36. The molecule has 1 aliphatic heterocycles. The molecule has 1 aliphatic carbocycles. The van der Waals surface area contributed by atoms with Gasteiger partial charge in [-0.05, 0) is 52.2 Å². The Bertz CT molecular complexity index is 298. The molecule has 1 saturated carbocycles. The van der Waals surface area contributed by atoms with Crippen molar-refractivity contribution in [1.82, 2.24) is 15.1 Å². The summed E-state index contributed by atoms with van der Waals surface area (Å²) in [5.74, 6) is 0.764. The summed E-state index contributed by atoms with van der Waals surface area (Å²) in [6.07, 6.45) is 7.47. The van der Waals surface area contributed by atoms with Crippen LogP contribution in [0.25, 0.3) is 0 Å². The summed E-state index contributed by atoms with van der Waals surface area (Å²) in [6.45, 7) is 6.49. The Hall–Kier alpha value is -0.160. The van der Waals surface area contributed by atoms with E-state index in [4.69, 9.17) is 0 Å². The lowest BCUT2D eigenvalue weighted by Crippen LogP contribution is -2.47. The Kier molecular flexibility index (Phi) is 6.93. The van der Waals surface area contributed by atoms with Gasteiger partial charge in [-0.3, -0.25) is 4.90 Å². The highest BCUT2D eigenvalue weighted by atomic mass is 16.3. The van der Waals surface area contributed by atoms with Crippen LogP contribution in [0.3, 0.4) is 0 Å². The minimum absolute atomic E-state index is 0.124. The van der Waals surface area contributed by atoms with Crippen LogP contribution in [0.1, 0.15) is 45.4 Å². The van der Waals surface area contributed by atoms with Crippen molar-refractivity contribution in [3.8, 4) is 0 Å². The van der Waals surface area contributed by atoms with Gasteiger partial charge in [0.05, 0.1) is 6.10 Å². The Morgan fingerprint density at radius 1 is 1.24 bits per heavy atom. The molecular weight excluding hydrogens is 262 g/mol. The summed E-state index contributed by atoms with van der Waals surface area (Å²) in [6, 6.07) is 1.22. The van der Waals surface area contributed by atoms with Gasteiger partial charge in [-0.15, -0.1) is 0 Å². The highest BCUT2D eigenvalue weighted by Gasteiger charge is 2.34. The Labute approximate surface area is 130 Å². The third kappa shape index (κ3) is 5.20. The number of likely N-dealkylation sites (N-methyl/N-ethyl adjacent to an activating group) is 1. The third-order valence-electron chi connectivity index (χ3n) is 5.12. The van der Waals surface area contributed by atoms with Gasteiger partial charge in [0.25, 0.3) is 0 Å². The Morgan fingerprint density at radius 2 is 2.00 bits per heavy atom. The van der Waals surface area contributed by atoms with Crippen LogP contribution in [0.5, 0.6) is 0 Å². The van der Waals surface area contributed by atoms with E-state index in [1.54, 1.807) is 0 Å².